The summed E-state index contributed by atoms with van der Waals surface area (Å²) in [4.78, 5) is 11.3. The van der Waals surface area contributed by atoms with Crippen molar-refractivity contribution in [2.75, 3.05) is 11.9 Å². The van der Waals surface area contributed by atoms with Crippen LogP contribution in [0.3, 0.4) is 0 Å². The van der Waals surface area contributed by atoms with Crippen LogP contribution in [-0.2, 0) is 0 Å². The van der Waals surface area contributed by atoms with Crippen molar-refractivity contribution in [1.29, 1.82) is 0 Å². The number of nitrogens with two attached hydrogens (primary N) is 1. The summed E-state index contributed by atoms with van der Waals surface area (Å²) >= 11 is 5.68. The van der Waals surface area contributed by atoms with Gasteiger partial charge in [-0.05, 0) is 25.1 Å². The molecular weight excluding hydrogens is 311 g/mol. The van der Waals surface area contributed by atoms with Gasteiger partial charge in [0.1, 0.15) is 17.7 Å². The van der Waals surface area contributed by atoms with Crippen LogP contribution in [0.1, 0.15) is 17.3 Å². The summed E-state index contributed by atoms with van der Waals surface area (Å²) in [6.45, 7) is 2.10. The molecule has 2 aromatic rings. The number of halogens is 2. The van der Waals surface area contributed by atoms with Gasteiger partial charge >= 0.3 is 0 Å². The van der Waals surface area contributed by atoms with E-state index in [9.17, 15) is 9.18 Å². The van der Waals surface area contributed by atoms with Crippen LogP contribution < -0.4 is 15.8 Å². The molecule has 22 heavy (non-hydrogen) atoms. The molecule has 0 bridgehead atoms. The van der Waals surface area contributed by atoms with E-state index < -0.39 is 5.91 Å². The second-order valence-corrected chi connectivity index (χ2v) is 4.95. The first-order valence-corrected chi connectivity index (χ1v) is 6.82. The minimum Gasteiger partial charge on any atom is -0.489 e. The number of benzene rings is 1. The number of carbonyl (C=O) groups excluding carboxylic acids is 1. The molecule has 1 aromatic carbocycles. The van der Waals surface area contributed by atoms with Crippen LogP contribution in [0.5, 0.6) is 5.75 Å². The molecule has 1 heterocycles. The number of ether oxygens (including phenoxy) is 1. The second kappa shape index (κ2) is 7.04. The lowest BCUT2D eigenvalue weighted by Gasteiger charge is -2.16. The van der Waals surface area contributed by atoms with Gasteiger partial charge in [-0.15, -0.1) is 10.2 Å². The molecule has 0 saturated carbocycles. The third-order valence-corrected chi connectivity index (χ3v) is 2.90. The Morgan fingerprint density at radius 3 is 2.91 bits per heavy atom. The van der Waals surface area contributed by atoms with Crippen molar-refractivity contribution < 1.29 is 13.9 Å². The molecule has 6 nitrogen and oxygen atoms in total. The molecule has 0 spiro atoms. The minimum absolute atomic E-state index is 0.0726. The lowest BCUT2D eigenvalue weighted by molar-refractivity contribution is 0.100. The molecule has 0 fully saturated rings. The first kappa shape index (κ1) is 16.0. The van der Waals surface area contributed by atoms with Crippen LogP contribution in [0.25, 0.3) is 0 Å². The lowest BCUT2D eigenvalue weighted by atomic mass is 10.2. The molecule has 0 saturated heterocycles. The van der Waals surface area contributed by atoms with Gasteiger partial charge < -0.3 is 15.8 Å². The van der Waals surface area contributed by atoms with Crippen LogP contribution in [0, 0.1) is 5.82 Å². The highest BCUT2D eigenvalue weighted by Gasteiger charge is 2.13. The van der Waals surface area contributed by atoms with Gasteiger partial charge in [-0.3, -0.25) is 4.79 Å². The zero-order valence-corrected chi connectivity index (χ0v) is 12.5. The number of amides is 1. The number of nitrogens with zero attached hydrogens (tertiary/aromatic N) is 2. The zero-order chi connectivity index (χ0) is 16.1. The molecule has 0 aliphatic carbocycles. The van der Waals surface area contributed by atoms with E-state index in [1.54, 1.807) is 19.1 Å². The van der Waals surface area contributed by atoms with Crippen molar-refractivity contribution in [3.63, 3.8) is 0 Å². The summed E-state index contributed by atoms with van der Waals surface area (Å²) in [6, 6.07) is 7.15. The Morgan fingerprint density at radius 2 is 2.23 bits per heavy atom. The maximum Gasteiger partial charge on any atom is 0.252 e. The third-order valence-electron chi connectivity index (χ3n) is 2.72. The number of aromatic nitrogens is 2. The summed E-state index contributed by atoms with van der Waals surface area (Å²) in [5, 5.41) is 10.4. The van der Waals surface area contributed by atoms with E-state index in [4.69, 9.17) is 22.1 Å². The van der Waals surface area contributed by atoms with Gasteiger partial charge in [0, 0.05) is 6.07 Å². The zero-order valence-electron chi connectivity index (χ0n) is 11.7. The van der Waals surface area contributed by atoms with Crippen molar-refractivity contribution in [2.24, 2.45) is 5.73 Å². The van der Waals surface area contributed by atoms with Gasteiger partial charge in [-0.2, -0.15) is 0 Å². The number of nitrogens with one attached hydrogen (secondary N) is 1. The van der Waals surface area contributed by atoms with Crippen LogP contribution in [0.2, 0.25) is 5.15 Å². The standard InChI is InChI=1S/C14H14ClFN4O2/c1-8(22-10-4-2-3-9(16)5-10)7-18-14-11(13(17)21)6-12(15)19-20-14/h2-6,8H,7H2,1H3,(H2,17,21)(H,18,20). The Morgan fingerprint density at radius 1 is 1.45 bits per heavy atom. The minimum atomic E-state index is -0.669. The number of carbonyl (C=O) groups is 1. The van der Waals surface area contributed by atoms with Crippen molar-refractivity contribution in [2.45, 2.75) is 13.0 Å². The van der Waals surface area contributed by atoms with Gasteiger partial charge in [0.25, 0.3) is 5.91 Å². The number of anilines is 1. The van der Waals surface area contributed by atoms with Crippen molar-refractivity contribution in [1.82, 2.24) is 10.2 Å². The smallest absolute Gasteiger partial charge is 0.252 e. The summed E-state index contributed by atoms with van der Waals surface area (Å²) in [5.41, 5.74) is 5.39. The number of hydrogen-bond acceptors (Lipinski definition) is 5. The molecular formula is C14H14ClFN4O2. The SMILES string of the molecule is CC(CNc1nnc(Cl)cc1C(N)=O)Oc1cccc(F)c1. The molecule has 116 valence electrons. The Kier molecular flexibility index (Phi) is 5.11. The second-order valence-electron chi connectivity index (χ2n) is 4.56. The lowest BCUT2D eigenvalue weighted by Crippen LogP contribution is -2.25. The largest absolute Gasteiger partial charge is 0.489 e. The monoisotopic (exact) mass is 324 g/mol. The van der Waals surface area contributed by atoms with Gasteiger partial charge in [0.05, 0.1) is 12.1 Å². The summed E-state index contributed by atoms with van der Waals surface area (Å²) < 4.78 is 18.6. The Balaban J connectivity index is 1.99. The Labute approximate surface area is 131 Å². The van der Waals surface area contributed by atoms with E-state index in [0.717, 1.165) is 0 Å². The highest BCUT2D eigenvalue weighted by molar-refractivity contribution is 6.29. The average Bonchev–Trinajstić information content (AvgIpc) is 2.45. The molecule has 0 aliphatic heterocycles. The molecule has 0 aliphatic rings. The Hall–Kier alpha value is -2.41. The molecule has 1 atom stereocenters. The summed E-state index contributed by atoms with van der Waals surface area (Å²) in [7, 11) is 0. The summed E-state index contributed by atoms with van der Waals surface area (Å²) in [6.07, 6.45) is -0.306. The first-order valence-electron chi connectivity index (χ1n) is 6.45. The van der Waals surface area contributed by atoms with Gasteiger partial charge in [0.2, 0.25) is 0 Å². The highest BCUT2D eigenvalue weighted by Crippen LogP contribution is 2.16. The molecule has 3 N–H and O–H groups in total. The van der Waals surface area contributed by atoms with Crippen molar-refractivity contribution in [3.05, 3.63) is 46.9 Å². The number of rotatable bonds is 6. The van der Waals surface area contributed by atoms with Crippen LogP contribution in [0.4, 0.5) is 10.2 Å². The van der Waals surface area contributed by atoms with E-state index in [1.165, 1.54) is 18.2 Å². The van der Waals surface area contributed by atoms with Crippen LogP contribution in [-0.4, -0.2) is 28.8 Å². The van der Waals surface area contributed by atoms with E-state index in [2.05, 4.69) is 15.5 Å². The average molecular weight is 325 g/mol. The molecule has 1 aromatic heterocycles. The van der Waals surface area contributed by atoms with Crippen molar-refractivity contribution in [3.8, 4) is 5.75 Å². The fourth-order valence-electron chi connectivity index (χ4n) is 1.74. The predicted octanol–water partition coefficient (Wildman–Crippen LogP) is 2.25. The van der Waals surface area contributed by atoms with Crippen LogP contribution in [0.15, 0.2) is 30.3 Å². The van der Waals surface area contributed by atoms with Crippen molar-refractivity contribution >= 4 is 23.3 Å². The van der Waals surface area contributed by atoms with E-state index in [0.29, 0.717) is 12.3 Å². The molecule has 1 amide bonds. The maximum absolute atomic E-state index is 13.1. The quantitative estimate of drug-likeness (QED) is 0.850. The molecule has 1 unspecified atom stereocenters. The molecule has 8 heteroatoms. The van der Waals surface area contributed by atoms with Gasteiger partial charge in [0.15, 0.2) is 11.0 Å². The van der Waals surface area contributed by atoms with E-state index >= 15 is 0 Å². The normalized spacial score (nSPS) is 11.8. The third kappa shape index (κ3) is 4.29. The predicted molar refractivity (Wildman–Crippen MR) is 80.5 cm³/mol. The maximum atomic E-state index is 13.1. The first-order chi connectivity index (χ1) is 10.5. The highest BCUT2D eigenvalue weighted by atomic mass is 35.5. The number of primary amides is 1. The summed E-state index contributed by atoms with van der Waals surface area (Å²) in [5.74, 6) is -0.423. The topological polar surface area (TPSA) is 90.1 Å². The van der Waals surface area contributed by atoms with E-state index in [1.807, 2.05) is 0 Å². The van der Waals surface area contributed by atoms with E-state index in [-0.39, 0.29) is 28.5 Å². The fraction of sp³-hybridized carbons (Fsp3) is 0.214. The number of hydrogen-bond donors (Lipinski definition) is 2. The van der Waals surface area contributed by atoms with Crippen LogP contribution >= 0.6 is 11.6 Å². The van der Waals surface area contributed by atoms with Gasteiger partial charge in [-0.25, -0.2) is 4.39 Å². The Bertz CT molecular complexity index is 684. The van der Waals surface area contributed by atoms with Gasteiger partial charge in [-0.1, -0.05) is 17.7 Å². The molecule has 2 rings (SSSR count). The fourth-order valence-corrected chi connectivity index (χ4v) is 1.89. The molecule has 0 radical (unpaired) electrons.